The molecule has 1 saturated heterocycles. The van der Waals surface area contributed by atoms with Crippen LogP contribution in [0.3, 0.4) is 0 Å². The third-order valence-electron chi connectivity index (χ3n) is 2.35. The lowest BCUT2D eigenvalue weighted by molar-refractivity contribution is 0.660. The van der Waals surface area contributed by atoms with Gasteiger partial charge in [0.15, 0.2) is 0 Å². The molecule has 0 amide bonds. The summed E-state index contributed by atoms with van der Waals surface area (Å²) in [6, 6.07) is 0. The highest BCUT2D eigenvalue weighted by molar-refractivity contribution is 7.99. The minimum Gasteiger partial charge on any atom is -0.316 e. The van der Waals surface area contributed by atoms with E-state index in [2.05, 4.69) is 30.9 Å². The van der Waals surface area contributed by atoms with Gasteiger partial charge in [0.25, 0.3) is 0 Å². The predicted octanol–water partition coefficient (Wildman–Crippen LogP) is 2.13. The van der Waals surface area contributed by atoms with Crippen LogP contribution in [-0.2, 0) is 0 Å². The first-order valence-corrected chi connectivity index (χ1v) is 5.70. The Kier molecular flexibility index (Phi) is 4.31. The molecule has 0 aromatic heterocycles. The second kappa shape index (κ2) is 5.04. The van der Waals surface area contributed by atoms with Crippen LogP contribution in [0, 0.1) is 5.92 Å². The molecule has 1 rings (SSSR count). The average molecular weight is 173 g/mol. The zero-order valence-electron chi connectivity index (χ0n) is 7.60. The number of thioether (sulfide) groups is 1. The molecule has 0 bridgehead atoms. The maximum Gasteiger partial charge on any atom is 0.00162 e. The highest BCUT2D eigenvalue weighted by atomic mass is 32.2. The summed E-state index contributed by atoms with van der Waals surface area (Å²) in [7, 11) is 0. The van der Waals surface area contributed by atoms with E-state index in [0.717, 1.165) is 11.2 Å². The van der Waals surface area contributed by atoms with E-state index in [0.29, 0.717) is 0 Å². The molecule has 1 aliphatic rings. The van der Waals surface area contributed by atoms with Crippen LogP contribution in [0.2, 0.25) is 0 Å². The molecule has 0 spiro atoms. The second-order valence-corrected chi connectivity index (χ2v) is 4.88. The largest absolute Gasteiger partial charge is 0.316 e. The van der Waals surface area contributed by atoms with Crippen molar-refractivity contribution in [2.75, 3.05) is 18.8 Å². The molecule has 1 nitrogen and oxygen atoms in total. The lowest BCUT2D eigenvalue weighted by atomic mass is 10.2. The fourth-order valence-corrected chi connectivity index (χ4v) is 2.40. The van der Waals surface area contributed by atoms with Gasteiger partial charge in [-0.05, 0) is 37.6 Å². The van der Waals surface area contributed by atoms with Crippen LogP contribution in [0.1, 0.15) is 26.7 Å². The molecular weight excluding hydrogens is 154 g/mol. The zero-order chi connectivity index (χ0) is 8.10. The van der Waals surface area contributed by atoms with Crippen LogP contribution < -0.4 is 5.32 Å². The van der Waals surface area contributed by atoms with Crippen LogP contribution in [0.4, 0.5) is 0 Å². The average Bonchev–Trinajstić information content (AvgIpc) is 2.52. The maximum absolute atomic E-state index is 3.40. The molecule has 2 atom stereocenters. The molecule has 1 N–H and O–H groups in total. The van der Waals surface area contributed by atoms with Crippen molar-refractivity contribution in [3.8, 4) is 0 Å². The van der Waals surface area contributed by atoms with Gasteiger partial charge in [-0.1, -0.05) is 13.8 Å². The van der Waals surface area contributed by atoms with Crippen molar-refractivity contribution in [2.45, 2.75) is 31.9 Å². The topological polar surface area (TPSA) is 12.0 Å². The predicted molar refractivity (Wildman–Crippen MR) is 53.2 cm³/mol. The summed E-state index contributed by atoms with van der Waals surface area (Å²) in [4.78, 5) is 0. The Bertz CT molecular complexity index is 99.7. The third kappa shape index (κ3) is 3.48. The smallest absolute Gasteiger partial charge is 0.00162 e. The van der Waals surface area contributed by atoms with Gasteiger partial charge in [-0.15, -0.1) is 0 Å². The summed E-state index contributed by atoms with van der Waals surface area (Å²) < 4.78 is 0. The van der Waals surface area contributed by atoms with Gasteiger partial charge in [-0.2, -0.15) is 11.8 Å². The van der Waals surface area contributed by atoms with Crippen molar-refractivity contribution in [2.24, 2.45) is 5.92 Å². The maximum atomic E-state index is 3.40. The molecule has 2 heteroatoms. The van der Waals surface area contributed by atoms with Crippen LogP contribution in [0.25, 0.3) is 0 Å². The van der Waals surface area contributed by atoms with E-state index >= 15 is 0 Å². The Morgan fingerprint density at radius 2 is 2.45 bits per heavy atom. The molecular formula is C9H19NS. The number of rotatable bonds is 4. The number of nitrogens with one attached hydrogen (secondary N) is 1. The molecule has 11 heavy (non-hydrogen) atoms. The number of hydrogen-bond acceptors (Lipinski definition) is 2. The van der Waals surface area contributed by atoms with Crippen LogP contribution in [0.5, 0.6) is 0 Å². The molecule has 0 aliphatic carbocycles. The summed E-state index contributed by atoms with van der Waals surface area (Å²) >= 11 is 2.13. The summed E-state index contributed by atoms with van der Waals surface area (Å²) in [6.45, 7) is 7.09. The Hall–Kier alpha value is 0.310. The van der Waals surface area contributed by atoms with E-state index in [1.807, 2.05) is 0 Å². The quantitative estimate of drug-likeness (QED) is 0.699. The van der Waals surface area contributed by atoms with Crippen molar-refractivity contribution in [1.82, 2.24) is 5.32 Å². The molecule has 1 heterocycles. The number of hydrogen-bond donors (Lipinski definition) is 1. The Balaban J connectivity index is 2.01. The van der Waals surface area contributed by atoms with Gasteiger partial charge in [0.2, 0.25) is 0 Å². The van der Waals surface area contributed by atoms with E-state index in [1.54, 1.807) is 0 Å². The third-order valence-corrected chi connectivity index (χ3v) is 3.92. The van der Waals surface area contributed by atoms with Gasteiger partial charge < -0.3 is 5.32 Å². The van der Waals surface area contributed by atoms with Crippen LogP contribution in [-0.4, -0.2) is 24.1 Å². The van der Waals surface area contributed by atoms with E-state index in [4.69, 9.17) is 0 Å². The van der Waals surface area contributed by atoms with Crippen LogP contribution in [0.15, 0.2) is 0 Å². The van der Waals surface area contributed by atoms with Gasteiger partial charge in [0, 0.05) is 5.25 Å². The van der Waals surface area contributed by atoms with E-state index < -0.39 is 0 Å². The van der Waals surface area contributed by atoms with E-state index in [1.165, 1.54) is 31.7 Å². The van der Waals surface area contributed by atoms with Gasteiger partial charge in [-0.3, -0.25) is 0 Å². The molecule has 1 fully saturated rings. The summed E-state index contributed by atoms with van der Waals surface area (Å²) in [6.07, 6.45) is 2.70. The van der Waals surface area contributed by atoms with Gasteiger partial charge in [0.05, 0.1) is 0 Å². The zero-order valence-corrected chi connectivity index (χ0v) is 8.41. The molecule has 0 aromatic carbocycles. The Morgan fingerprint density at radius 1 is 1.64 bits per heavy atom. The normalized spacial score (nSPS) is 27.3. The fraction of sp³-hybridized carbons (Fsp3) is 1.00. The van der Waals surface area contributed by atoms with Crippen molar-refractivity contribution in [3.63, 3.8) is 0 Å². The summed E-state index contributed by atoms with van der Waals surface area (Å²) in [5, 5.41) is 4.26. The van der Waals surface area contributed by atoms with Crippen molar-refractivity contribution >= 4 is 11.8 Å². The first-order valence-electron chi connectivity index (χ1n) is 4.65. The lowest BCUT2D eigenvalue weighted by Gasteiger charge is -2.11. The Labute approximate surface area is 74.3 Å². The van der Waals surface area contributed by atoms with Crippen molar-refractivity contribution < 1.29 is 0 Å². The van der Waals surface area contributed by atoms with Gasteiger partial charge in [-0.25, -0.2) is 0 Å². The lowest BCUT2D eigenvalue weighted by Crippen LogP contribution is -2.11. The molecule has 0 radical (unpaired) electrons. The molecule has 0 saturated carbocycles. The monoisotopic (exact) mass is 173 g/mol. The van der Waals surface area contributed by atoms with Crippen LogP contribution >= 0.6 is 11.8 Å². The summed E-state index contributed by atoms with van der Waals surface area (Å²) in [5.74, 6) is 2.32. The van der Waals surface area contributed by atoms with Crippen molar-refractivity contribution in [1.29, 1.82) is 0 Å². The SMILES string of the molecule is CCC(C)SCC1CCNC1. The van der Waals surface area contributed by atoms with Gasteiger partial charge >= 0.3 is 0 Å². The molecule has 1 aliphatic heterocycles. The Morgan fingerprint density at radius 3 is 3.00 bits per heavy atom. The van der Waals surface area contributed by atoms with Gasteiger partial charge in [0.1, 0.15) is 0 Å². The molecule has 66 valence electrons. The highest BCUT2D eigenvalue weighted by Crippen LogP contribution is 2.20. The minimum atomic E-state index is 0.857. The molecule has 0 aromatic rings. The fourth-order valence-electron chi connectivity index (χ4n) is 1.27. The van der Waals surface area contributed by atoms with E-state index in [-0.39, 0.29) is 0 Å². The first kappa shape index (κ1) is 9.40. The second-order valence-electron chi connectivity index (χ2n) is 3.41. The van der Waals surface area contributed by atoms with Crippen molar-refractivity contribution in [3.05, 3.63) is 0 Å². The minimum absolute atomic E-state index is 0.857. The standard InChI is InChI=1S/C9H19NS/c1-3-8(2)11-7-9-4-5-10-6-9/h8-10H,3-7H2,1-2H3. The first-order chi connectivity index (χ1) is 5.33. The van der Waals surface area contributed by atoms with E-state index in [9.17, 15) is 0 Å². The highest BCUT2D eigenvalue weighted by Gasteiger charge is 2.14. The summed E-state index contributed by atoms with van der Waals surface area (Å²) in [5.41, 5.74) is 0. The molecule has 2 unspecified atom stereocenters.